The molecule has 0 amide bonds. The predicted molar refractivity (Wildman–Crippen MR) is 172 cm³/mol. The molecule has 0 saturated carbocycles. The van der Waals surface area contributed by atoms with Crippen LogP contribution in [0.4, 0.5) is 0 Å². The molecule has 0 aromatic heterocycles. The molecule has 238 valence electrons. The second-order valence-electron chi connectivity index (χ2n) is 12.4. The number of rotatable bonds is 32. The molecule has 0 aliphatic carbocycles. The van der Waals surface area contributed by atoms with Gasteiger partial charge in [0.25, 0.3) is 0 Å². The van der Waals surface area contributed by atoms with E-state index in [0.29, 0.717) is 32.0 Å². The van der Waals surface area contributed by atoms with Gasteiger partial charge in [-0.15, -0.1) is 0 Å². The van der Waals surface area contributed by atoms with Gasteiger partial charge >= 0.3 is 11.9 Å². The summed E-state index contributed by atoms with van der Waals surface area (Å²) in [5.41, 5.74) is 0. The number of carbonyl (C=O) groups is 2. The molecule has 4 heteroatoms. The van der Waals surface area contributed by atoms with Crippen molar-refractivity contribution < 1.29 is 19.1 Å². The van der Waals surface area contributed by atoms with Gasteiger partial charge in [-0.2, -0.15) is 0 Å². The molecule has 40 heavy (non-hydrogen) atoms. The largest absolute Gasteiger partial charge is 0.466 e. The third-order valence-electron chi connectivity index (χ3n) is 8.11. The van der Waals surface area contributed by atoms with Crippen molar-refractivity contribution in [3.05, 3.63) is 0 Å². The molecule has 0 aromatic rings. The fraction of sp³-hybridized carbons (Fsp3) is 0.944. The predicted octanol–water partition coefficient (Wildman–Crippen LogP) is 11.7. The lowest BCUT2D eigenvalue weighted by Crippen LogP contribution is -2.10. The molecule has 0 rings (SSSR count). The lowest BCUT2D eigenvalue weighted by molar-refractivity contribution is -0.145. The van der Waals surface area contributed by atoms with Gasteiger partial charge in [0, 0.05) is 12.8 Å². The molecule has 1 unspecified atom stereocenters. The Kier molecular flexibility index (Phi) is 31.6. The van der Waals surface area contributed by atoms with Crippen molar-refractivity contribution in [2.45, 2.75) is 201 Å². The highest BCUT2D eigenvalue weighted by Crippen LogP contribution is 2.17. The molecule has 4 nitrogen and oxygen atoms in total. The molecule has 0 fully saturated rings. The molecule has 0 saturated heterocycles. The van der Waals surface area contributed by atoms with Crippen LogP contribution in [0.15, 0.2) is 0 Å². The van der Waals surface area contributed by atoms with Crippen molar-refractivity contribution in [2.24, 2.45) is 5.92 Å². The quantitative estimate of drug-likeness (QED) is 0.0600. The molecule has 1 atom stereocenters. The Morgan fingerprint density at radius 2 is 0.800 bits per heavy atom. The van der Waals surface area contributed by atoms with Crippen molar-refractivity contribution in [2.75, 3.05) is 13.2 Å². The van der Waals surface area contributed by atoms with E-state index in [9.17, 15) is 9.59 Å². The SMILES string of the molecule is CCCCCCCCOC(=O)CCCCCCCCCCCCCCCC(C)CC(=O)OCCCCCCCC. The van der Waals surface area contributed by atoms with Gasteiger partial charge < -0.3 is 9.47 Å². The van der Waals surface area contributed by atoms with Gasteiger partial charge in [0.2, 0.25) is 0 Å². The molecule has 0 aliphatic heterocycles. The summed E-state index contributed by atoms with van der Waals surface area (Å²) in [6, 6.07) is 0. The highest BCUT2D eigenvalue weighted by atomic mass is 16.5. The fourth-order valence-corrected chi connectivity index (χ4v) is 5.36. The Morgan fingerprint density at radius 3 is 1.25 bits per heavy atom. The number of carbonyl (C=O) groups excluding carboxylic acids is 2. The maximum absolute atomic E-state index is 12.0. The lowest BCUT2D eigenvalue weighted by Gasteiger charge is -2.11. The Morgan fingerprint density at radius 1 is 0.450 bits per heavy atom. The Hall–Kier alpha value is -1.06. The first kappa shape index (κ1) is 38.9. The van der Waals surface area contributed by atoms with Crippen LogP contribution in [0.25, 0.3) is 0 Å². The third-order valence-corrected chi connectivity index (χ3v) is 8.11. The van der Waals surface area contributed by atoms with Gasteiger partial charge in [0.15, 0.2) is 0 Å². The van der Waals surface area contributed by atoms with Crippen LogP contribution < -0.4 is 0 Å². The summed E-state index contributed by atoms with van der Waals surface area (Å²) in [5.74, 6) is 0.447. The first-order valence-corrected chi connectivity index (χ1v) is 17.9. The number of hydrogen-bond donors (Lipinski definition) is 0. The minimum absolute atomic E-state index is 0.000145. The molecular formula is C36H70O4. The maximum atomic E-state index is 12.0. The standard InChI is InChI=1S/C36H70O4/c1-4-6-8-10-23-27-31-39-35(37)30-26-22-20-18-16-14-12-13-15-17-19-21-25-29-34(3)33-36(38)40-32-28-24-11-9-7-5-2/h34H,4-33H2,1-3H3. The van der Waals surface area contributed by atoms with Crippen LogP contribution in [0.1, 0.15) is 201 Å². The van der Waals surface area contributed by atoms with E-state index in [1.54, 1.807) is 0 Å². The first-order chi connectivity index (χ1) is 19.6. The summed E-state index contributed by atoms with van der Waals surface area (Å²) in [5, 5.41) is 0. The van der Waals surface area contributed by atoms with E-state index >= 15 is 0 Å². The molecule has 0 aliphatic rings. The van der Waals surface area contributed by atoms with E-state index in [2.05, 4.69) is 20.8 Å². The van der Waals surface area contributed by atoms with Crippen LogP contribution in [-0.2, 0) is 19.1 Å². The summed E-state index contributed by atoms with van der Waals surface area (Å²) >= 11 is 0. The van der Waals surface area contributed by atoms with Gasteiger partial charge in [-0.05, 0) is 25.2 Å². The van der Waals surface area contributed by atoms with Gasteiger partial charge in [-0.25, -0.2) is 0 Å². The number of hydrogen-bond acceptors (Lipinski definition) is 4. The molecule has 0 radical (unpaired) electrons. The second kappa shape index (κ2) is 32.5. The van der Waals surface area contributed by atoms with E-state index in [4.69, 9.17) is 9.47 Å². The Bertz CT molecular complexity index is 533. The smallest absolute Gasteiger partial charge is 0.306 e. The van der Waals surface area contributed by atoms with Crippen LogP contribution in [-0.4, -0.2) is 25.2 Å². The first-order valence-electron chi connectivity index (χ1n) is 17.9. The van der Waals surface area contributed by atoms with Gasteiger partial charge in [-0.3, -0.25) is 9.59 Å². The number of unbranched alkanes of at least 4 members (excludes halogenated alkanes) is 22. The zero-order valence-corrected chi connectivity index (χ0v) is 27.4. The normalized spacial score (nSPS) is 12.0. The summed E-state index contributed by atoms with van der Waals surface area (Å²) in [7, 11) is 0. The summed E-state index contributed by atoms with van der Waals surface area (Å²) < 4.78 is 10.8. The number of ether oxygens (including phenoxy) is 2. The van der Waals surface area contributed by atoms with Crippen molar-refractivity contribution in [1.29, 1.82) is 0 Å². The average Bonchev–Trinajstić information content (AvgIpc) is 2.94. The van der Waals surface area contributed by atoms with Crippen molar-refractivity contribution in [1.82, 2.24) is 0 Å². The summed E-state index contributed by atoms with van der Waals surface area (Å²) in [6.45, 7) is 7.88. The van der Waals surface area contributed by atoms with Crippen LogP contribution >= 0.6 is 0 Å². The molecule has 0 aromatic carbocycles. The fourth-order valence-electron chi connectivity index (χ4n) is 5.36. The van der Waals surface area contributed by atoms with E-state index in [-0.39, 0.29) is 11.9 Å². The minimum atomic E-state index is -0.000145. The molecule has 0 N–H and O–H groups in total. The van der Waals surface area contributed by atoms with Gasteiger partial charge in [-0.1, -0.05) is 168 Å². The second-order valence-corrected chi connectivity index (χ2v) is 12.4. The minimum Gasteiger partial charge on any atom is -0.466 e. The third kappa shape index (κ3) is 31.5. The van der Waals surface area contributed by atoms with Gasteiger partial charge in [0.05, 0.1) is 13.2 Å². The maximum Gasteiger partial charge on any atom is 0.306 e. The van der Waals surface area contributed by atoms with E-state index in [1.165, 1.54) is 135 Å². The lowest BCUT2D eigenvalue weighted by atomic mass is 9.98. The molecular weight excluding hydrogens is 496 g/mol. The zero-order chi connectivity index (χ0) is 29.4. The monoisotopic (exact) mass is 567 g/mol. The highest BCUT2D eigenvalue weighted by Gasteiger charge is 2.10. The van der Waals surface area contributed by atoms with Crippen molar-refractivity contribution in [3.8, 4) is 0 Å². The molecule has 0 spiro atoms. The topological polar surface area (TPSA) is 52.6 Å². The van der Waals surface area contributed by atoms with Crippen molar-refractivity contribution >= 4 is 11.9 Å². The zero-order valence-electron chi connectivity index (χ0n) is 27.4. The van der Waals surface area contributed by atoms with E-state index in [1.807, 2.05) is 0 Å². The summed E-state index contributed by atoms with van der Waals surface area (Å²) in [4.78, 5) is 23.8. The molecule has 0 bridgehead atoms. The van der Waals surface area contributed by atoms with Crippen LogP contribution in [0.5, 0.6) is 0 Å². The van der Waals surface area contributed by atoms with E-state index < -0.39 is 0 Å². The number of esters is 2. The highest BCUT2D eigenvalue weighted by molar-refractivity contribution is 5.69. The van der Waals surface area contributed by atoms with Crippen LogP contribution in [0.3, 0.4) is 0 Å². The molecule has 0 heterocycles. The Balaban J connectivity index is 3.28. The van der Waals surface area contributed by atoms with Crippen LogP contribution in [0.2, 0.25) is 0 Å². The average molecular weight is 567 g/mol. The van der Waals surface area contributed by atoms with E-state index in [0.717, 1.165) is 32.1 Å². The Labute approximate surface area is 250 Å². The summed E-state index contributed by atoms with van der Waals surface area (Å²) in [6.07, 6.45) is 33.8. The van der Waals surface area contributed by atoms with Gasteiger partial charge in [0.1, 0.15) is 0 Å². The van der Waals surface area contributed by atoms with Crippen molar-refractivity contribution in [3.63, 3.8) is 0 Å². The van der Waals surface area contributed by atoms with Crippen LogP contribution in [0, 0.1) is 5.92 Å².